The summed E-state index contributed by atoms with van der Waals surface area (Å²) in [5.41, 5.74) is 5.68. The van der Waals surface area contributed by atoms with Crippen LogP contribution in [0.2, 0.25) is 0 Å². The molecular formula is C16H22FN3O2. The van der Waals surface area contributed by atoms with Crippen LogP contribution in [-0.4, -0.2) is 24.9 Å². The SMILES string of the molecule is NCC(=O)NCC(=O)NC(c1ccccc1F)C1CCCC1. The van der Waals surface area contributed by atoms with Crippen molar-refractivity contribution in [3.05, 3.63) is 35.6 Å². The lowest BCUT2D eigenvalue weighted by Gasteiger charge is -2.25. The number of nitrogens with two attached hydrogens (primary N) is 1. The molecule has 2 rings (SSSR count). The van der Waals surface area contributed by atoms with Crippen LogP contribution >= 0.6 is 0 Å². The topological polar surface area (TPSA) is 84.2 Å². The molecule has 6 heteroatoms. The maximum absolute atomic E-state index is 14.1. The first-order chi connectivity index (χ1) is 10.6. The van der Waals surface area contributed by atoms with Crippen molar-refractivity contribution >= 4 is 11.8 Å². The molecule has 22 heavy (non-hydrogen) atoms. The number of rotatable bonds is 6. The molecule has 1 atom stereocenters. The minimum Gasteiger partial charge on any atom is -0.347 e. The van der Waals surface area contributed by atoms with Crippen LogP contribution in [0.3, 0.4) is 0 Å². The molecule has 0 aliphatic heterocycles. The zero-order valence-corrected chi connectivity index (χ0v) is 12.5. The zero-order valence-electron chi connectivity index (χ0n) is 12.5. The zero-order chi connectivity index (χ0) is 15.9. The van der Waals surface area contributed by atoms with Gasteiger partial charge in [0.15, 0.2) is 0 Å². The van der Waals surface area contributed by atoms with Gasteiger partial charge in [-0.05, 0) is 24.8 Å². The van der Waals surface area contributed by atoms with Crippen LogP contribution in [0.25, 0.3) is 0 Å². The highest BCUT2D eigenvalue weighted by molar-refractivity contribution is 5.85. The molecule has 1 fully saturated rings. The van der Waals surface area contributed by atoms with Gasteiger partial charge in [-0.1, -0.05) is 31.0 Å². The third kappa shape index (κ3) is 4.27. The molecule has 5 nitrogen and oxygen atoms in total. The Bertz CT molecular complexity index is 530. The first-order valence-electron chi connectivity index (χ1n) is 7.62. The molecule has 0 saturated heterocycles. The minimum absolute atomic E-state index is 0.145. The number of nitrogens with one attached hydrogen (secondary N) is 2. The van der Waals surface area contributed by atoms with Gasteiger partial charge in [0.25, 0.3) is 0 Å². The fraction of sp³-hybridized carbons (Fsp3) is 0.500. The number of amides is 2. The van der Waals surface area contributed by atoms with E-state index in [0.717, 1.165) is 25.7 Å². The molecule has 120 valence electrons. The maximum Gasteiger partial charge on any atom is 0.239 e. The molecule has 1 aliphatic carbocycles. The summed E-state index contributed by atoms with van der Waals surface area (Å²) >= 11 is 0. The Kier molecular flexibility index (Phi) is 5.89. The van der Waals surface area contributed by atoms with Crippen molar-refractivity contribution in [1.82, 2.24) is 10.6 Å². The summed E-state index contributed by atoms with van der Waals surface area (Å²) in [6.07, 6.45) is 4.12. The van der Waals surface area contributed by atoms with Gasteiger partial charge in [0.1, 0.15) is 5.82 Å². The molecule has 4 N–H and O–H groups in total. The molecule has 0 radical (unpaired) electrons. The maximum atomic E-state index is 14.1. The number of carbonyl (C=O) groups is 2. The lowest BCUT2D eigenvalue weighted by Crippen LogP contribution is -2.42. The van der Waals surface area contributed by atoms with Gasteiger partial charge in [-0.15, -0.1) is 0 Å². The molecule has 1 aromatic rings. The van der Waals surface area contributed by atoms with Gasteiger partial charge >= 0.3 is 0 Å². The molecule has 1 saturated carbocycles. The third-order valence-electron chi connectivity index (χ3n) is 4.06. The van der Waals surface area contributed by atoms with Gasteiger partial charge in [-0.2, -0.15) is 0 Å². The number of benzene rings is 1. The van der Waals surface area contributed by atoms with Crippen LogP contribution in [0.5, 0.6) is 0 Å². The van der Waals surface area contributed by atoms with E-state index in [1.54, 1.807) is 18.2 Å². The molecule has 0 heterocycles. The fourth-order valence-corrected chi connectivity index (χ4v) is 2.94. The van der Waals surface area contributed by atoms with Crippen LogP contribution in [0, 0.1) is 11.7 Å². The summed E-state index contributed by atoms with van der Waals surface area (Å²) in [4.78, 5) is 23.1. The van der Waals surface area contributed by atoms with Crippen LogP contribution in [-0.2, 0) is 9.59 Å². The average molecular weight is 307 g/mol. The van der Waals surface area contributed by atoms with Gasteiger partial charge < -0.3 is 16.4 Å². The summed E-state index contributed by atoms with van der Waals surface area (Å²) in [6, 6.07) is 6.15. The van der Waals surface area contributed by atoms with Crippen molar-refractivity contribution in [2.75, 3.05) is 13.1 Å². The summed E-state index contributed by atoms with van der Waals surface area (Å²) in [5.74, 6) is -0.808. The van der Waals surface area contributed by atoms with Crippen LogP contribution in [0.4, 0.5) is 4.39 Å². The van der Waals surface area contributed by atoms with Crippen molar-refractivity contribution in [2.24, 2.45) is 11.7 Å². The Hall–Kier alpha value is -1.95. The molecule has 1 aliphatic rings. The van der Waals surface area contributed by atoms with E-state index in [1.807, 2.05) is 0 Å². The summed E-state index contributed by atoms with van der Waals surface area (Å²) in [5, 5.41) is 5.29. The Balaban J connectivity index is 2.07. The van der Waals surface area contributed by atoms with Crippen LogP contribution in [0.1, 0.15) is 37.3 Å². The molecule has 0 aromatic heterocycles. The lowest BCUT2D eigenvalue weighted by molar-refractivity contribution is -0.126. The number of carbonyl (C=O) groups excluding carboxylic acids is 2. The third-order valence-corrected chi connectivity index (χ3v) is 4.06. The van der Waals surface area contributed by atoms with Crippen molar-refractivity contribution in [2.45, 2.75) is 31.7 Å². The van der Waals surface area contributed by atoms with E-state index >= 15 is 0 Å². The minimum atomic E-state index is -0.390. The Labute approximate surface area is 129 Å². The second-order valence-electron chi connectivity index (χ2n) is 5.59. The first kappa shape index (κ1) is 16.4. The van der Waals surface area contributed by atoms with E-state index in [2.05, 4.69) is 10.6 Å². The Morgan fingerprint density at radius 1 is 1.23 bits per heavy atom. The molecule has 0 bridgehead atoms. The number of hydrogen-bond acceptors (Lipinski definition) is 3. The van der Waals surface area contributed by atoms with Gasteiger partial charge in [-0.25, -0.2) is 4.39 Å². The van der Waals surface area contributed by atoms with Gasteiger partial charge in [0.2, 0.25) is 11.8 Å². The van der Waals surface area contributed by atoms with E-state index < -0.39 is 5.91 Å². The van der Waals surface area contributed by atoms with Crippen molar-refractivity contribution in [3.8, 4) is 0 Å². The summed E-state index contributed by atoms with van der Waals surface area (Å²) in [6.45, 7) is -0.305. The number of hydrogen-bond donors (Lipinski definition) is 3. The highest BCUT2D eigenvalue weighted by Gasteiger charge is 2.29. The quantitative estimate of drug-likeness (QED) is 0.739. The average Bonchev–Trinajstić information content (AvgIpc) is 3.05. The van der Waals surface area contributed by atoms with Crippen LogP contribution in [0.15, 0.2) is 24.3 Å². The smallest absolute Gasteiger partial charge is 0.239 e. The normalized spacial score (nSPS) is 16.3. The monoisotopic (exact) mass is 307 g/mol. The standard InChI is InChI=1S/C16H22FN3O2/c17-13-8-4-3-7-12(13)16(11-5-1-2-6-11)20-15(22)10-19-14(21)9-18/h3-4,7-8,11,16H,1-2,5-6,9-10,18H2,(H,19,21)(H,20,22). The molecular weight excluding hydrogens is 285 g/mol. The predicted octanol–water partition coefficient (Wildman–Crippen LogP) is 1.25. The first-order valence-corrected chi connectivity index (χ1v) is 7.62. The van der Waals surface area contributed by atoms with Crippen molar-refractivity contribution in [1.29, 1.82) is 0 Å². The summed E-state index contributed by atoms with van der Waals surface area (Å²) in [7, 11) is 0. The Morgan fingerprint density at radius 2 is 1.91 bits per heavy atom. The second-order valence-corrected chi connectivity index (χ2v) is 5.59. The van der Waals surface area contributed by atoms with Crippen molar-refractivity contribution < 1.29 is 14.0 Å². The van der Waals surface area contributed by atoms with Gasteiger partial charge in [0, 0.05) is 5.56 Å². The van der Waals surface area contributed by atoms with E-state index in [1.165, 1.54) is 6.07 Å². The van der Waals surface area contributed by atoms with E-state index in [0.29, 0.717) is 5.56 Å². The molecule has 1 unspecified atom stereocenters. The second kappa shape index (κ2) is 7.89. The largest absolute Gasteiger partial charge is 0.347 e. The van der Waals surface area contributed by atoms with E-state index in [9.17, 15) is 14.0 Å². The van der Waals surface area contributed by atoms with E-state index in [-0.39, 0.29) is 36.8 Å². The van der Waals surface area contributed by atoms with Gasteiger partial charge in [-0.3, -0.25) is 9.59 Å². The Morgan fingerprint density at radius 3 is 2.55 bits per heavy atom. The van der Waals surface area contributed by atoms with Crippen LogP contribution < -0.4 is 16.4 Å². The summed E-state index contributed by atoms with van der Waals surface area (Å²) < 4.78 is 14.1. The lowest BCUT2D eigenvalue weighted by atomic mass is 9.91. The molecule has 0 spiro atoms. The highest BCUT2D eigenvalue weighted by atomic mass is 19.1. The number of halogens is 1. The van der Waals surface area contributed by atoms with Gasteiger partial charge in [0.05, 0.1) is 19.1 Å². The van der Waals surface area contributed by atoms with Crippen molar-refractivity contribution in [3.63, 3.8) is 0 Å². The predicted molar refractivity (Wildman–Crippen MR) is 81.3 cm³/mol. The molecule has 2 amide bonds. The molecule has 1 aromatic carbocycles. The fourth-order valence-electron chi connectivity index (χ4n) is 2.94. The van der Waals surface area contributed by atoms with E-state index in [4.69, 9.17) is 5.73 Å². The highest BCUT2D eigenvalue weighted by Crippen LogP contribution is 2.36.